The average Bonchev–Trinajstić information content (AvgIpc) is 2.82. The van der Waals surface area contributed by atoms with Crippen LogP contribution in [0.15, 0.2) is 66.7 Å². The van der Waals surface area contributed by atoms with Gasteiger partial charge in [-0.3, -0.25) is 10.1 Å². The van der Waals surface area contributed by atoms with Gasteiger partial charge in [-0.1, -0.05) is 12.1 Å². The monoisotopic (exact) mass is 419 g/mol. The Balaban J connectivity index is 1.93. The number of nitro groups is 1. The van der Waals surface area contributed by atoms with E-state index in [1.165, 1.54) is 12.1 Å². The Bertz CT molecular complexity index is 1140. The molecule has 0 amide bonds. The molecule has 31 heavy (non-hydrogen) atoms. The summed E-state index contributed by atoms with van der Waals surface area (Å²) in [7, 11) is 4.77. The third-order valence-corrected chi connectivity index (χ3v) is 5.27. The highest BCUT2D eigenvalue weighted by molar-refractivity contribution is 5.90. The van der Waals surface area contributed by atoms with Gasteiger partial charge >= 0.3 is 0 Å². The van der Waals surface area contributed by atoms with E-state index in [-0.39, 0.29) is 5.69 Å². The van der Waals surface area contributed by atoms with Gasteiger partial charge in [-0.05, 0) is 54.1 Å². The highest BCUT2D eigenvalue weighted by Gasteiger charge is 2.43. The van der Waals surface area contributed by atoms with E-state index in [1.807, 2.05) is 54.6 Å². The summed E-state index contributed by atoms with van der Waals surface area (Å²) in [5.74, 6) is 0.645. The van der Waals surface area contributed by atoms with Crippen LogP contribution in [0.25, 0.3) is 11.6 Å². The third kappa shape index (κ3) is 3.60. The van der Waals surface area contributed by atoms with Gasteiger partial charge in [0.05, 0.1) is 19.1 Å². The molecule has 1 aliphatic rings. The zero-order chi connectivity index (χ0) is 22.0. The Morgan fingerprint density at radius 3 is 2.03 bits per heavy atom. The molecule has 7 nitrogen and oxygen atoms in total. The van der Waals surface area contributed by atoms with E-state index < -0.39 is 10.7 Å². The van der Waals surface area contributed by atoms with E-state index in [9.17, 15) is 10.1 Å². The van der Waals surface area contributed by atoms with Gasteiger partial charge in [0.25, 0.3) is 11.5 Å². The number of nitrogens with zero attached hydrogens (tertiary/aromatic N) is 1. The normalized spacial score (nSPS) is 17.2. The summed E-state index contributed by atoms with van der Waals surface area (Å²) in [5.41, 5.74) is 2.87. The number of benzene rings is 3. The third-order valence-electron chi connectivity index (χ3n) is 5.27. The topological polar surface area (TPSA) is 80.1 Å². The molecule has 0 fully saturated rings. The van der Waals surface area contributed by atoms with Crippen molar-refractivity contribution in [3.63, 3.8) is 0 Å². The van der Waals surface area contributed by atoms with E-state index in [4.69, 9.17) is 18.9 Å². The van der Waals surface area contributed by atoms with Gasteiger partial charge in [0.1, 0.15) is 17.2 Å². The van der Waals surface area contributed by atoms with Gasteiger partial charge < -0.3 is 18.9 Å². The summed E-state index contributed by atoms with van der Waals surface area (Å²) in [6.07, 6.45) is 1.86. The molecule has 158 valence electrons. The number of hydrogen-bond donors (Lipinski definition) is 0. The van der Waals surface area contributed by atoms with Crippen molar-refractivity contribution in [3.8, 4) is 17.2 Å². The standard InChI is InChI=1S/C24H21NO6/c1-28-20-9-4-16(5-10-20)22-15-17-14-19(25(26)27)8-13-23(17)31-24(22,30-3)18-6-11-21(29-2)12-7-18/h4-15H,1-3H3. The highest BCUT2D eigenvalue weighted by atomic mass is 16.7. The van der Waals surface area contributed by atoms with Crippen molar-refractivity contribution in [3.05, 3.63) is 93.5 Å². The summed E-state index contributed by atoms with van der Waals surface area (Å²) < 4.78 is 23.0. The van der Waals surface area contributed by atoms with E-state index in [0.29, 0.717) is 28.4 Å². The Labute approximate surface area is 179 Å². The van der Waals surface area contributed by atoms with Crippen molar-refractivity contribution in [1.82, 2.24) is 0 Å². The van der Waals surface area contributed by atoms with Crippen molar-refractivity contribution < 1.29 is 23.9 Å². The smallest absolute Gasteiger partial charge is 0.270 e. The van der Waals surface area contributed by atoms with E-state index in [2.05, 4.69) is 0 Å². The van der Waals surface area contributed by atoms with Crippen LogP contribution in [0.5, 0.6) is 17.2 Å². The molecule has 1 heterocycles. The SMILES string of the molecule is COc1ccc(C2=Cc3cc([N+](=O)[O-])ccc3OC2(OC)c2ccc(OC)cc2)cc1. The second kappa shape index (κ2) is 8.12. The number of nitro benzene ring substituents is 1. The van der Waals surface area contributed by atoms with Gasteiger partial charge in [0.15, 0.2) is 0 Å². The van der Waals surface area contributed by atoms with Crippen molar-refractivity contribution in [1.29, 1.82) is 0 Å². The van der Waals surface area contributed by atoms with Gasteiger partial charge in [0, 0.05) is 35.9 Å². The van der Waals surface area contributed by atoms with Crippen molar-refractivity contribution in [2.24, 2.45) is 0 Å². The van der Waals surface area contributed by atoms with Crippen LogP contribution in [0, 0.1) is 10.1 Å². The number of rotatable bonds is 6. The minimum absolute atomic E-state index is 0.0120. The molecule has 0 N–H and O–H groups in total. The van der Waals surface area contributed by atoms with Crippen LogP contribution in [0.4, 0.5) is 5.69 Å². The number of methoxy groups -OCH3 is 3. The number of ether oxygens (including phenoxy) is 4. The predicted octanol–water partition coefficient (Wildman–Crippen LogP) is 5.04. The Kier molecular flexibility index (Phi) is 5.35. The van der Waals surface area contributed by atoms with Crippen LogP contribution in [0.1, 0.15) is 16.7 Å². The first-order chi connectivity index (χ1) is 15.0. The molecule has 1 aliphatic heterocycles. The van der Waals surface area contributed by atoms with Crippen LogP contribution in [-0.4, -0.2) is 26.3 Å². The van der Waals surface area contributed by atoms with Crippen molar-refractivity contribution in [2.75, 3.05) is 21.3 Å². The lowest BCUT2D eigenvalue weighted by molar-refractivity contribution is -0.384. The largest absolute Gasteiger partial charge is 0.497 e. The lowest BCUT2D eigenvalue weighted by atomic mass is 9.87. The quantitative estimate of drug-likeness (QED) is 0.411. The molecule has 1 unspecified atom stereocenters. The van der Waals surface area contributed by atoms with Crippen LogP contribution >= 0.6 is 0 Å². The second-order valence-electron chi connectivity index (χ2n) is 6.92. The van der Waals surface area contributed by atoms with Crippen LogP contribution < -0.4 is 14.2 Å². The zero-order valence-corrected chi connectivity index (χ0v) is 17.3. The number of non-ortho nitro benzene ring substituents is 1. The Morgan fingerprint density at radius 2 is 1.48 bits per heavy atom. The highest BCUT2D eigenvalue weighted by Crippen LogP contribution is 2.48. The maximum Gasteiger partial charge on any atom is 0.270 e. The first-order valence-electron chi connectivity index (χ1n) is 9.54. The summed E-state index contributed by atoms with van der Waals surface area (Å²) in [4.78, 5) is 10.8. The lowest BCUT2D eigenvalue weighted by Crippen LogP contribution is -2.38. The first-order valence-corrected chi connectivity index (χ1v) is 9.54. The van der Waals surface area contributed by atoms with Gasteiger partial charge in [-0.25, -0.2) is 0 Å². The fraction of sp³-hybridized carbons (Fsp3) is 0.167. The van der Waals surface area contributed by atoms with Crippen LogP contribution in [0.2, 0.25) is 0 Å². The molecule has 0 bridgehead atoms. The molecule has 0 radical (unpaired) electrons. The molecule has 3 aromatic carbocycles. The fourth-order valence-corrected chi connectivity index (χ4v) is 3.65. The molecule has 0 saturated carbocycles. The van der Waals surface area contributed by atoms with Gasteiger partial charge in [-0.2, -0.15) is 0 Å². The zero-order valence-electron chi connectivity index (χ0n) is 17.3. The lowest BCUT2D eigenvalue weighted by Gasteiger charge is -2.39. The van der Waals surface area contributed by atoms with Crippen molar-refractivity contribution in [2.45, 2.75) is 5.79 Å². The number of fused-ring (bicyclic) bond motifs is 1. The first kappa shape index (κ1) is 20.4. The minimum Gasteiger partial charge on any atom is -0.497 e. The van der Waals surface area contributed by atoms with Crippen LogP contribution in [-0.2, 0) is 10.5 Å². The maximum atomic E-state index is 11.3. The molecule has 0 saturated heterocycles. The number of hydrogen-bond acceptors (Lipinski definition) is 6. The Hall–Kier alpha value is -3.84. The summed E-state index contributed by atoms with van der Waals surface area (Å²) in [6.45, 7) is 0. The minimum atomic E-state index is -1.26. The maximum absolute atomic E-state index is 11.3. The summed E-state index contributed by atoms with van der Waals surface area (Å²) in [6, 6.07) is 19.4. The van der Waals surface area contributed by atoms with E-state index in [0.717, 1.165) is 11.1 Å². The summed E-state index contributed by atoms with van der Waals surface area (Å²) in [5, 5.41) is 11.3. The second-order valence-corrected chi connectivity index (χ2v) is 6.92. The Morgan fingerprint density at radius 1 is 0.871 bits per heavy atom. The summed E-state index contributed by atoms with van der Waals surface area (Å²) >= 11 is 0. The predicted molar refractivity (Wildman–Crippen MR) is 116 cm³/mol. The molecule has 7 heteroatoms. The molecule has 3 aromatic rings. The fourth-order valence-electron chi connectivity index (χ4n) is 3.65. The van der Waals surface area contributed by atoms with Crippen LogP contribution in [0.3, 0.4) is 0 Å². The average molecular weight is 419 g/mol. The molecular formula is C24H21NO6. The van der Waals surface area contributed by atoms with E-state index >= 15 is 0 Å². The molecule has 4 rings (SSSR count). The molecule has 1 atom stereocenters. The van der Waals surface area contributed by atoms with Crippen molar-refractivity contribution >= 4 is 17.3 Å². The van der Waals surface area contributed by atoms with E-state index in [1.54, 1.807) is 27.4 Å². The molecule has 0 spiro atoms. The molecule has 0 aromatic heterocycles. The molecule has 0 aliphatic carbocycles. The van der Waals surface area contributed by atoms with Gasteiger partial charge in [0.2, 0.25) is 0 Å². The molecular weight excluding hydrogens is 398 g/mol. The van der Waals surface area contributed by atoms with Gasteiger partial charge in [-0.15, -0.1) is 0 Å².